The normalized spacial score (nSPS) is 11.6. The number of benzene rings is 9. The Kier molecular flexibility index (Phi) is 6.53. The summed E-state index contributed by atoms with van der Waals surface area (Å²) in [7, 11) is 0. The van der Waals surface area contributed by atoms with Crippen LogP contribution in [0.15, 0.2) is 192 Å². The van der Waals surface area contributed by atoms with Crippen LogP contribution in [0.5, 0.6) is 0 Å². The third-order valence-electron chi connectivity index (χ3n) is 10.0. The summed E-state index contributed by atoms with van der Waals surface area (Å²) < 4.78 is 6.80. The third kappa shape index (κ3) is 4.50. The van der Waals surface area contributed by atoms with Gasteiger partial charge in [0.05, 0.1) is 11.4 Å². The molecule has 9 aromatic carbocycles. The summed E-state index contributed by atoms with van der Waals surface area (Å²) in [5.41, 5.74) is 9.88. The molecule has 0 unspecified atom stereocenters. The summed E-state index contributed by atoms with van der Waals surface area (Å²) in [5.74, 6) is 0. The Labute approximate surface area is 290 Å². The van der Waals surface area contributed by atoms with E-state index < -0.39 is 0 Å². The fourth-order valence-corrected chi connectivity index (χ4v) is 7.74. The Bertz CT molecular complexity index is 2860. The van der Waals surface area contributed by atoms with Crippen molar-refractivity contribution in [2.75, 3.05) is 4.90 Å². The highest BCUT2D eigenvalue weighted by molar-refractivity contribution is 6.23. The average molecular weight is 638 g/mol. The van der Waals surface area contributed by atoms with Crippen LogP contribution in [0.3, 0.4) is 0 Å². The van der Waals surface area contributed by atoms with Crippen LogP contribution in [0, 0.1) is 0 Å². The number of fused-ring (bicyclic) bond motifs is 7. The van der Waals surface area contributed by atoms with E-state index in [2.05, 4.69) is 193 Å². The van der Waals surface area contributed by atoms with Crippen LogP contribution in [0.4, 0.5) is 17.1 Å². The summed E-state index contributed by atoms with van der Waals surface area (Å²) >= 11 is 0. The minimum Gasteiger partial charge on any atom is -0.455 e. The van der Waals surface area contributed by atoms with Gasteiger partial charge in [0.25, 0.3) is 0 Å². The minimum atomic E-state index is 0.886. The first kappa shape index (κ1) is 28.4. The van der Waals surface area contributed by atoms with Crippen molar-refractivity contribution in [3.63, 3.8) is 0 Å². The molecule has 0 N–H and O–H groups in total. The smallest absolute Gasteiger partial charge is 0.143 e. The lowest BCUT2D eigenvalue weighted by Crippen LogP contribution is -2.11. The Morgan fingerprint density at radius 2 is 0.940 bits per heavy atom. The second-order valence-corrected chi connectivity index (χ2v) is 12.9. The Morgan fingerprint density at radius 1 is 0.360 bits per heavy atom. The molecule has 0 radical (unpaired) electrons. The zero-order valence-corrected chi connectivity index (χ0v) is 27.3. The molecule has 10 rings (SSSR count). The number of nitrogens with zero attached hydrogens (tertiary/aromatic N) is 1. The van der Waals surface area contributed by atoms with Crippen LogP contribution >= 0.6 is 0 Å². The van der Waals surface area contributed by atoms with E-state index in [1.165, 1.54) is 43.8 Å². The molecule has 0 aliphatic rings. The predicted molar refractivity (Wildman–Crippen MR) is 212 cm³/mol. The van der Waals surface area contributed by atoms with Gasteiger partial charge in [0, 0.05) is 32.6 Å². The number of hydrogen-bond acceptors (Lipinski definition) is 2. The SMILES string of the molecule is c1ccc(-c2ccc(N(c3cccc4ccccc34)c3cc4c(oc5cccc(-c6cccc7ccccc67)c54)c4ccccc34)cc2)cc1. The molecule has 0 saturated heterocycles. The second kappa shape index (κ2) is 11.5. The molecule has 0 atom stereocenters. The quantitative estimate of drug-likeness (QED) is 0.187. The highest BCUT2D eigenvalue weighted by atomic mass is 16.3. The molecule has 0 bridgehead atoms. The molecule has 1 aromatic heterocycles. The van der Waals surface area contributed by atoms with Crippen LogP contribution in [0.25, 0.3) is 76.5 Å². The average Bonchev–Trinajstić information content (AvgIpc) is 3.58. The zero-order valence-electron chi connectivity index (χ0n) is 27.3. The molecular weight excluding hydrogens is 607 g/mol. The van der Waals surface area contributed by atoms with Crippen molar-refractivity contribution in [2.45, 2.75) is 0 Å². The van der Waals surface area contributed by atoms with E-state index in [1.807, 2.05) is 0 Å². The van der Waals surface area contributed by atoms with Crippen LogP contribution in [-0.2, 0) is 0 Å². The molecular formula is C48H31NO. The first-order chi connectivity index (χ1) is 24.8. The number of furan rings is 1. The first-order valence-corrected chi connectivity index (χ1v) is 17.1. The van der Waals surface area contributed by atoms with Crippen molar-refractivity contribution < 1.29 is 4.42 Å². The Hall–Kier alpha value is -6.64. The monoisotopic (exact) mass is 637 g/mol. The van der Waals surface area contributed by atoms with Crippen LogP contribution in [0.1, 0.15) is 0 Å². The van der Waals surface area contributed by atoms with Gasteiger partial charge < -0.3 is 9.32 Å². The highest BCUT2D eigenvalue weighted by Gasteiger charge is 2.23. The molecule has 0 aliphatic carbocycles. The number of hydrogen-bond donors (Lipinski definition) is 0. The fourth-order valence-electron chi connectivity index (χ4n) is 7.74. The van der Waals surface area contributed by atoms with Crippen LogP contribution < -0.4 is 4.90 Å². The molecule has 2 nitrogen and oxygen atoms in total. The molecule has 1 heterocycles. The largest absolute Gasteiger partial charge is 0.455 e. The topological polar surface area (TPSA) is 16.4 Å². The second-order valence-electron chi connectivity index (χ2n) is 12.9. The minimum absolute atomic E-state index is 0.886. The molecule has 0 fully saturated rings. The van der Waals surface area contributed by atoms with E-state index in [0.29, 0.717) is 0 Å². The van der Waals surface area contributed by atoms with Crippen molar-refractivity contribution in [3.8, 4) is 22.3 Å². The van der Waals surface area contributed by atoms with Gasteiger partial charge >= 0.3 is 0 Å². The van der Waals surface area contributed by atoms with E-state index in [-0.39, 0.29) is 0 Å². The lowest BCUT2D eigenvalue weighted by atomic mass is 9.93. The molecule has 0 aliphatic heterocycles. The summed E-state index contributed by atoms with van der Waals surface area (Å²) in [6.07, 6.45) is 0. The summed E-state index contributed by atoms with van der Waals surface area (Å²) in [4.78, 5) is 2.43. The van der Waals surface area contributed by atoms with Gasteiger partial charge in [-0.15, -0.1) is 0 Å². The number of anilines is 3. The van der Waals surface area contributed by atoms with Gasteiger partial charge in [-0.2, -0.15) is 0 Å². The van der Waals surface area contributed by atoms with Crippen molar-refractivity contribution in [3.05, 3.63) is 188 Å². The van der Waals surface area contributed by atoms with Gasteiger partial charge in [0.2, 0.25) is 0 Å². The first-order valence-electron chi connectivity index (χ1n) is 17.1. The predicted octanol–water partition coefficient (Wildman–Crippen LogP) is 13.8. The molecule has 50 heavy (non-hydrogen) atoms. The van der Waals surface area contributed by atoms with E-state index in [9.17, 15) is 0 Å². The third-order valence-corrected chi connectivity index (χ3v) is 10.0. The highest BCUT2D eigenvalue weighted by Crippen LogP contribution is 2.48. The van der Waals surface area contributed by atoms with Gasteiger partial charge in [-0.25, -0.2) is 0 Å². The van der Waals surface area contributed by atoms with E-state index in [1.54, 1.807) is 0 Å². The fraction of sp³-hybridized carbons (Fsp3) is 0. The van der Waals surface area contributed by atoms with Crippen molar-refractivity contribution in [2.24, 2.45) is 0 Å². The van der Waals surface area contributed by atoms with Crippen molar-refractivity contribution in [1.29, 1.82) is 0 Å². The molecule has 0 amide bonds. The lowest BCUT2D eigenvalue weighted by Gasteiger charge is -2.28. The van der Waals surface area contributed by atoms with E-state index >= 15 is 0 Å². The van der Waals surface area contributed by atoms with E-state index in [0.717, 1.165) is 49.8 Å². The Morgan fingerprint density at radius 3 is 1.74 bits per heavy atom. The summed E-state index contributed by atoms with van der Waals surface area (Å²) in [6, 6.07) is 67.4. The van der Waals surface area contributed by atoms with Gasteiger partial charge in [-0.05, 0) is 68.7 Å². The zero-order chi connectivity index (χ0) is 33.0. The summed E-state index contributed by atoms with van der Waals surface area (Å²) in [5, 5.41) is 9.30. The van der Waals surface area contributed by atoms with Gasteiger partial charge in [-0.1, -0.05) is 158 Å². The maximum atomic E-state index is 6.80. The Balaban J connectivity index is 1.29. The van der Waals surface area contributed by atoms with Crippen molar-refractivity contribution in [1.82, 2.24) is 0 Å². The van der Waals surface area contributed by atoms with Crippen molar-refractivity contribution >= 4 is 71.3 Å². The maximum Gasteiger partial charge on any atom is 0.143 e. The maximum absolute atomic E-state index is 6.80. The number of rotatable bonds is 5. The summed E-state index contributed by atoms with van der Waals surface area (Å²) in [6.45, 7) is 0. The molecule has 0 saturated carbocycles. The molecule has 2 heteroatoms. The van der Waals surface area contributed by atoms with Crippen LogP contribution in [0.2, 0.25) is 0 Å². The standard InChI is InChI=1S/C48H31NO/c1-2-13-32(14-3-1)33-27-29-36(30-28-33)49(44-25-11-18-35-16-5-7-20-38(35)44)45-31-43-47-41(39-23-10-17-34-15-4-6-19-37(34)39)24-12-26-46(47)50-48(43)42-22-9-8-21-40(42)45/h1-31H. The molecule has 10 aromatic rings. The van der Waals surface area contributed by atoms with Gasteiger partial charge in [-0.3, -0.25) is 0 Å². The lowest BCUT2D eigenvalue weighted by molar-refractivity contribution is 0.673. The van der Waals surface area contributed by atoms with Crippen LogP contribution in [-0.4, -0.2) is 0 Å². The van der Waals surface area contributed by atoms with Gasteiger partial charge in [0.15, 0.2) is 0 Å². The van der Waals surface area contributed by atoms with E-state index in [4.69, 9.17) is 4.42 Å². The van der Waals surface area contributed by atoms with Gasteiger partial charge in [0.1, 0.15) is 11.2 Å². The molecule has 0 spiro atoms. The molecule has 234 valence electrons.